The Bertz CT molecular complexity index is 511. The summed E-state index contributed by atoms with van der Waals surface area (Å²) in [6, 6.07) is 4.48. The van der Waals surface area contributed by atoms with Crippen molar-refractivity contribution in [3.63, 3.8) is 0 Å². The molecule has 0 heterocycles. The molecule has 0 spiro atoms. The Morgan fingerprint density at radius 2 is 2.05 bits per heavy atom. The van der Waals surface area contributed by atoms with Crippen LogP contribution in [0.3, 0.4) is 0 Å². The summed E-state index contributed by atoms with van der Waals surface area (Å²) in [5.74, 6) is -1.04. The minimum atomic E-state index is -1.04. The van der Waals surface area contributed by atoms with Gasteiger partial charge in [0.1, 0.15) is 12.2 Å². The Hall–Kier alpha value is -1.63. The number of halogens is 1. The molecule has 104 valence electrons. The zero-order valence-corrected chi connectivity index (χ0v) is 12.5. The number of nitrogens with zero attached hydrogens (tertiary/aromatic N) is 2. The van der Waals surface area contributed by atoms with Crippen LogP contribution in [0.25, 0.3) is 0 Å². The second-order valence-corrected chi connectivity index (χ2v) is 5.96. The molecule has 1 aromatic rings. The lowest BCUT2D eigenvalue weighted by Crippen LogP contribution is -2.45. The van der Waals surface area contributed by atoms with Gasteiger partial charge in [-0.2, -0.15) is 0 Å². The summed E-state index contributed by atoms with van der Waals surface area (Å²) in [7, 11) is 0. The predicted octanol–water partition coefficient (Wildman–Crippen LogP) is 3.05. The first-order valence-corrected chi connectivity index (χ1v) is 6.35. The molecular formula is C12H15BrN2O4. The number of carboxylic acid groups (broad SMARTS) is 1. The van der Waals surface area contributed by atoms with Crippen molar-refractivity contribution in [3.8, 4) is 0 Å². The van der Waals surface area contributed by atoms with Gasteiger partial charge in [-0.3, -0.25) is 14.9 Å². The Balaban J connectivity index is 3.40. The molecule has 0 aliphatic rings. The fraction of sp³-hybridized carbons (Fsp3) is 0.417. The van der Waals surface area contributed by atoms with Gasteiger partial charge in [0.15, 0.2) is 0 Å². The fourth-order valence-electron chi connectivity index (χ4n) is 1.69. The summed E-state index contributed by atoms with van der Waals surface area (Å²) >= 11 is 3.25. The molecule has 0 saturated heterocycles. The molecular weight excluding hydrogens is 316 g/mol. The van der Waals surface area contributed by atoms with Gasteiger partial charge in [-0.25, -0.2) is 0 Å². The summed E-state index contributed by atoms with van der Waals surface area (Å²) in [4.78, 5) is 23.0. The molecule has 0 saturated carbocycles. The highest BCUT2D eigenvalue weighted by Gasteiger charge is 2.29. The lowest BCUT2D eigenvalue weighted by Gasteiger charge is -2.36. The maximum atomic E-state index is 11.1. The van der Waals surface area contributed by atoms with Gasteiger partial charge >= 0.3 is 5.97 Å². The van der Waals surface area contributed by atoms with E-state index in [4.69, 9.17) is 5.11 Å². The van der Waals surface area contributed by atoms with Crippen LogP contribution in [0.1, 0.15) is 20.8 Å². The van der Waals surface area contributed by atoms with Crippen molar-refractivity contribution in [1.82, 2.24) is 0 Å². The van der Waals surface area contributed by atoms with Gasteiger partial charge in [0.25, 0.3) is 5.69 Å². The molecule has 0 amide bonds. The predicted molar refractivity (Wildman–Crippen MR) is 75.5 cm³/mol. The van der Waals surface area contributed by atoms with Crippen LogP contribution in [0, 0.1) is 10.1 Å². The molecule has 0 fully saturated rings. The minimum absolute atomic E-state index is 0.112. The molecule has 1 rings (SSSR count). The third-order valence-corrected chi connectivity index (χ3v) is 3.02. The Morgan fingerprint density at radius 3 is 2.47 bits per heavy atom. The van der Waals surface area contributed by atoms with E-state index in [1.807, 2.05) is 0 Å². The largest absolute Gasteiger partial charge is 0.480 e. The summed E-state index contributed by atoms with van der Waals surface area (Å²) in [6.07, 6.45) is 0. The molecule has 0 unspecified atom stereocenters. The molecule has 1 aromatic carbocycles. The molecule has 0 bridgehead atoms. The summed E-state index contributed by atoms with van der Waals surface area (Å²) < 4.78 is 0.660. The quantitative estimate of drug-likeness (QED) is 0.677. The number of nitro groups is 1. The smallest absolute Gasteiger partial charge is 0.323 e. The van der Waals surface area contributed by atoms with E-state index >= 15 is 0 Å². The van der Waals surface area contributed by atoms with E-state index in [9.17, 15) is 14.9 Å². The van der Waals surface area contributed by atoms with Crippen LogP contribution in [0.15, 0.2) is 22.7 Å². The van der Waals surface area contributed by atoms with E-state index in [0.717, 1.165) is 0 Å². The van der Waals surface area contributed by atoms with Crippen LogP contribution in [0.5, 0.6) is 0 Å². The monoisotopic (exact) mass is 330 g/mol. The van der Waals surface area contributed by atoms with Crippen LogP contribution >= 0.6 is 15.9 Å². The first-order chi connectivity index (χ1) is 8.62. The van der Waals surface area contributed by atoms with E-state index in [-0.39, 0.29) is 17.9 Å². The maximum absolute atomic E-state index is 11.1. The van der Waals surface area contributed by atoms with E-state index in [0.29, 0.717) is 4.47 Å². The number of carboxylic acids is 1. The van der Waals surface area contributed by atoms with Gasteiger partial charge in [0.05, 0.1) is 4.92 Å². The molecule has 0 radical (unpaired) electrons. The fourth-order valence-corrected chi connectivity index (χ4v) is 2.04. The molecule has 6 nitrogen and oxygen atoms in total. The number of hydrogen-bond acceptors (Lipinski definition) is 4. The lowest BCUT2D eigenvalue weighted by molar-refractivity contribution is -0.384. The van der Waals surface area contributed by atoms with Gasteiger partial charge in [0.2, 0.25) is 0 Å². The lowest BCUT2D eigenvalue weighted by atomic mass is 10.0. The Labute approximate surface area is 119 Å². The van der Waals surface area contributed by atoms with Gasteiger partial charge < -0.3 is 10.0 Å². The van der Waals surface area contributed by atoms with Gasteiger partial charge in [0, 0.05) is 16.1 Å². The van der Waals surface area contributed by atoms with Crippen molar-refractivity contribution in [2.75, 3.05) is 11.4 Å². The first kappa shape index (κ1) is 15.4. The third kappa shape index (κ3) is 3.92. The molecule has 0 aliphatic carbocycles. The number of anilines is 1. The van der Waals surface area contributed by atoms with Gasteiger partial charge in [-0.15, -0.1) is 0 Å². The average Bonchev–Trinajstić information content (AvgIpc) is 2.23. The second kappa shape index (κ2) is 5.56. The van der Waals surface area contributed by atoms with E-state index in [1.54, 1.807) is 32.9 Å². The number of carbonyl (C=O) groups is 1. The number of benzene rings is 1. The van der Waals surface area contributed by atoms with Crippen molar-refractivity contribution >= 4 is 33.3 Å². The zero-order valence-electron chi connectivity index (χ0n) is 10.9. The number of nitro benzene ring substituents is 1. The zero-order chi connectivity index (χ0) is 14.8. The van der Waals surface area contributed by atoms with Gasteiger partial charge in [-0.1, -0.05) is 15.9 Å². The van der Waals surface area contributed by atoms with Crippen molar-refractivity contribution in [1.29, 1.82) is 0 Å². The standard InChI is InChI=1S/C12H15BrN2O4/c1-12(2,3)14(7-11(16)17)10-6-8(13)4-5-9(10)15(18)19/h4-6H,7H2,1-3H3,(H,16,17). The maximum Gasteiger partial charge on any atom is 0.323 e. The van der Waals surface area contributed by atoms with E-state index < -0.39 is 16.4 Å². The van der Waals surface area contributed by atoms with Crippen molar-refractivity contribution < 1.29 is 14.8 Å². The van der Waals surface area contributed by atoms with Gasteiger partial charge in [-0.05, 0) is 32.9 Å². The number of hydrogen-bond donors (Lipinski definition) is 1. The highest BCUT2D eigenvalue weighted by molar-refractivity contribution is 9.10. The third-order valence-electron chi connectivity index (χ3n) is 2.53. The summed E-state index contributed by atoms with van der Waals surface area (Å²) in [6.45, 7) is 5.11. The molecule has 19 heavy (non-hydrogen) atoms. The van der Waals surface area contributed by atoms with Crippen molar-refractivity contribution in [2.24, 2.45) is 0 Å². The van der Waals surface area contributed by atoms with Crippen molar-refractivity contribution in [3.05, 3.63) is 32.8 Å². The number of rotatable bonds is 4. The topological polar surface area (TPSA) is 83.7 Å². The Kier molecular flexibility index (Phi) is 4.52. The molecule has 0 aliphatic heterocycles. The normalized spacial score (nSPS) is 11.2. The van der Waals surface area contributed by atoms with Crippen LogP contribution in [0.2, 0.25) is 0 Å². The van der Waals surface area contributed by atoms with Crippen molar-refractivity contribution in [2.45, 2.75) is 26.3 Å². The summed E-state index contributed by atoms with van der Waals surface area (Å²) in [5.41, 5.74) is -0.377. The highest BCUT2D eigenvalue weighted by atomic mass is 79.9. The number of aliphatic carboxylic acids is 1. The van der Waals surface area contributed by atoms with E-state index in [2.05, 4.69) is 15.9 Å². The average molecular weight is 331 g/mol. The van der Waals surface area contributed by atoms with Crippen LogP contribution in [-0.4, -0.2) is 28.1 Å². The second-order valence-electron chi connectivity index (χ2n) is 5.04. The highest BCUT2D eigenvalue weighted by Crippen LogP contribution is 2.34. The Morgan fingerprint density at radius 1 is 1.47 bits per heavy atom. The molecule has 0 atom stereocenters. The summed E-state index contributed by atoms with van der Waals surface area (Å²) in [5, 5.41) is 20.1. The molecule has 0 aromatic heterocycles. The van der Waals surface area contributed by atoms with Crippen LogP contribution < -0.4 is 4.90 Å². The molecule has 7 heteroatoms. The van der Waals surface area contributed by atoms with E-state index in [1.165, 1.54) is 11.0 Å². The molecule has 1 N–H and O–H groups in total. The van der Waals surface area contributed by atoms with Crippen LogP contribution in [0.4, 0.5) is 11.4 Å². The minimum Gasteiger partial charge on any atom is -0.480 e. The van der Waals surface area contributed by atoms with Crippen LogP contribution in [-0.2, 0) is 4.79 Å². The first-order valence-electron chi connectivity index (χ1n) is 5.56. The SMILES string of the molecule is CC(C)(C)N(CC(=O)O)c1cc(Br)ccc1[N+](=O)[O-].